The van der Waals surface area contributed by atoms with Gasteiger partial charge in [-0.2, -0.15) is 0 Å². The summed E-state index contributed by atoms with van der Waals surface area (Å²) in [5.41, 5.74) is 7.83. The van der Waals surface area contributed by atoms with Crippen molar-refractivity contribution in [3.05, 3.63) is 59.2 Å². The number of benzene rings is 2. The fraction of sp³-hybridized carbons (Fsp3) is 0.364. The molecule has 2 aromatic carbocycles. The van der Waals surface area contributed by atoms with Gasteiger partial charge in [-0.25, -0.2) is 9.97 Å². The zero-order chi connectivity index (χ0) is 18.9. The van der Waals surface area contributed by atoms with Gasteiger partial charge in [0.05, 0.1) is 17.8 Å². The molecule has 0 spiro atoms. The molecule has 27 heavy (non-hydrogen) atoms. The van der Waals surface area contributed by atoms with E-state index >= 15 is 0 Å². The Morgan fingerprint density at radius 1 is 0.815 bits per heavy atom. The Morgan fingerprint density at radius 3 is 2.33 bits per heavy atom. The summed E-state index contributed by atoms with van der Waals surface area (Å²) in [7, 11) is 0. The summed E-state index contributed by atoms with van der Waals surface area (Å²) < 4.78 is 5.71. The molecule has 142 valence electrons. The Labute approximate surface area is 165 Å². The number of fused-ring (bicyclic) bond motifs is 1. The third kappa shape index (κ3) is 6.10. The van der Waals surface area contributed by atoms with Gasteiger partial charge in [0, 0.05) is 10.4 Å². The Hall–Kier alpha value is -2.33. The summed E-state index contributed by atoms with van der Waals surface area (Å²) in [6.07, 6.45) is 8.02. The van der Waals surface area contributed by atoms with E-state index < -0.39 is 0 Å². The van der Waals surface area contributed by atoms with Gasteiger partial charge in [-0.3, -0.25) is 0 Å². The average Bonchev–Trinajstić information content (AvgIpc) is 2.68. The van der Waals surface area contributed by atoms with Gasteiger partial charge >= 0.3 is 0 Å². The molecule has 0 aliphatic rings. The zero-order valence-electron chi connectivity index (χ0n) is 15.5. The minimum atomic E-state index is 0.365. The molecule has 1 heterocycles. The van der Waals surface area contributed by atoms with Crippen molar-refractivity contribution >= 4 is 28.5 Å². The van der Waals surface area contributed by atoms with Crippen LogP contribution >= 0.6 is 11.6 Å². The summed E-state index contributed by atoms with van der Waals surface area (Å²) in [6.45, 7) is 0.758. The van der Waals surface area contributed by atoms with Crippen LogP contribution in [-0.4, -0.2) is 16.6 Å². The van der Waals surface area contributed by atoms with Crippen LogP contribution in [0, 0.1) is 0 Å². The van der Waals surface area contributed by atoms with E-state index in [2.05, 4.69) is 16.0 Å². The first-order valence-electron chi connectivity index (χ1n) is 9.62. The van der Waals surface area contributed by atoms with Gasteiger partial charge in [0.15, 0.2) is 0 Å². The highest BCUT2D eigenvalue weighted by Crippen LogP contribution is 2.19. The number of rotatable bonds is 10. The smallest absolute Gasteiger partial charge is 0.220 e. The Kier molecular flexibility index (Phi) is 7.28. The lowest BCUT2D eigenvalue weighted by atomic mass is 10.1. The maximum absolute atomic E-state index is 5.86. The van der Waals surface area contributed by atoms with E-state index in [0.717, 1.165) is 53.2 Å². The van der Waals surface area contributed by atoms with Crippen molar-refractivity contribution in [2.45, 2.75) is 44.9 Å². The molecular formula is C22H26ClN3O. The molecule has 0 aliphatic heterocycles. The van der Waals surface area contributed by atoms with Crippen molar-refractivity contribution in [3.63, 3.8) is 0 Å². The molecule has 0 amide bonds. The summed E-state index contributed by atoms with van der Waals surface area (Å²) in [4.78, 5) is 8.73. The maximum Gasteiger partial charge on any atom is 0.220 e. The van der Waals surface area contributed by atoms with Crippen molar-refractivity contribution in [2.24, 2.45) is 0 Å². The lowest BCUT2D eigenvalue weighted by Crippen LogP contribution is -2.01. The second-order valence-corrected chi connectivity index (χ2v) is 7.16. The molecule has 0 fully saturated rings. The number of hydrogen-bond donors (Lipinski definition) is 1. The van der Waals surface area contributed by atoms with Gasteiger partial charge in [-0.1, -0.05) is 55.5 Å². The summed E-state index contributed by atoms with van der Waals surface area (Å²) in [5, 5.41) is 1.85. The molecule has 3 rings (SSSR count). The molecule has 3 aromatic rings. The second kappa shape index (κ2) is 10.1. The van der Waals surface area contributed by atoms with Crippen molar-refractivity contribution in [3.8, 4) is 5.75 Å². The summed E-state index contributed by atoms with van der Waals surface area (Å²) in [5.74, 6) is 1.25. The molecule has 0 saturated carbocycles. The fourth-order valence-corrected chi connectivity index (χ4v) is 3.30. The molecule has 0 unspecified atom stereocenters. The predicted octanol–water partition coefficient (Wildman–Crippen LogP) is 5.83. The van der Waals surface area contributed by atoms with E-state index in [4.69, 9.17) is 22.1 Å². The quantitative estimate of drug-likeness (QED) is 0.447. The number of hydrogen-bond acceptors (Lipinski definition) is 4. The fourth-order valence-electron chi connectivity index (χ4n) is 3.18. The van der Waals surface area contributed by atoms with Crippen LogP contribution in [0.4, 0.5) is 5.95 Å². The SMILES string of the molecule is Nc1nc(CCCCCCCCOc2ccc(Cl)cc2)c2ccccc2n1. The molecule has 5 heteroatoms. The van der Waals surface area contributed by atoms with E-state index in [1.54, 1.807) is 0 Å². The van der Waals surface area contributed by atoms with Crippen molar-refractivity contribution in [2.75, 3.05) is 12.3 Å². The summed E-state index contributed by atoms with van der Waals surface area (Å²) in [6, 6.07) is 15.6. The Morgan fingerprint density at radius 2 is 1.52 bits per heavy atom. The lowest BCUT2D eigenvalue weighted by molar-refractivity contribution is 0.304. The first-order valence-corrected chi connectivity index (χ1v) is 10.00. The van der Waals surface area contributed by atoms with Crippen LogP contribution in [0.2, 0.25) is 5.02 Å². The van der Waals surface area contributed by atoms with E-state index in [0.29, 0.717) is 5.95 Å². The number of halogens is 1. The van der Waals surface area contributed by atoms with Gasteiger partial charge in [-0.05, 0) is 49.6 Å². The highest BCUT2D eigenvalue weighted by atomic mass is 35.5. The van der Waals surface area contributed by atoms with Crippen molar-refractivity contribution in [1.29, 1.82) is 0 Å². The molecule has 1 aromatic heterocycles. The first-order chi connectivity index (χ1) is 13.2. The van der Waals surface area contributed by atoms with E-state index in [-0.39, 0.29) is 0 Å². The first kappa shape index (κ1) is 19.4. The van der Waals surface area contributed by atoms with Crippen molar-refractivity contribution in [1.82, 2.24) is 9.97 Å². The van der Waals surface area contributed by atoms with Crippen LogP contribution in [0.15, 0.2) is 48.5 Å². The molecule has 4 nitrogen and oxygen atoms in total. The molecule has 0 aliphatic carbocycles. The third-order valence-corrected chi connectivity index (χ3v) is 4.84. The number of aryl methyl sites for hydroxylation is 1. The minimum Gasteiger partial charge on any atom is -0.494 e. The molecular weight excluding hydrogens is 358 g/mol. The second-order valence-electron chi connectivity index (χ2n) is 6.72. The zero-order valence-corrected chi connectivity index (χ0v) is 16.3. The number of aromatic nitrogens is 2. The average molecular weight is 384 g/mol. The predicted molar refractivity (Wildman–Crippen MR) is 112 cm³/mol. The standard InChI is InChI=1S/C22H26ClN3O/c23-17-12-14-18(15-13-17)27-16-8-4-2-1-3-5-10-20-19-9-6-7-11-21(19)26-22(24)25-20/h6-7,9,11-15H,1-5,8,10,16H2,(H2,24,25,26). The van der Waals surface area contributed by atoms with Crippen LogP contribution in [-0.2, 0) is 6.42 Å². The van der Waals surface area contributed by atoms with Crippen LogP contribution < -0.4 is 10.5 Å². The van der Waals surface area contributed by atoms with E-state index in [1.165, 1.54) is 25.7 Å². The van der Waals surface area contributed by atoms with Crippen LogP contribution in [0.5, 0.6) is 5.75 Å². The van der Waals surface area contributed by atoms with Gasteiger partial charge in [0.1, 0.15) is 5.75 Å². The summed E-state index contributed by atoms with van der Waals surface area (Å²) >= 11 is 5.86. The number of nitrogens with two attached hydrogens (primary N) is 1. The van der Waals surface area contributed by atoms with Crippen LogP contribution in [0.3, 0.4) is 0 Å². The number of para-hydroxylation sites is 1. The van der Waals surface area contributed by atoms with Gasteiger partial charge < -0.3 is 10.5 Å². The molecule has 0 saturated heterocycles. The van der Waals surface area contributed by atoms with Gasteiger partial charge in [0.2, 0.25) is 5.95 Å². The number of anilines is 1. The largest absolute Gasteiger partial charge is 0.494 e. The maximum atomic E-state index is 5.86. The van der Waals surface area contributed by atoms with Gasteiger partial charge in [0.25, 0.3) is 0 Å². The monoisotopic (exact) mass is 383 g/mol. The van der Waals surface area contributed by atoms with E-state index in [9.17, 15) is 0 Å². The number of nitrogen functional groups attached to an aromatic ring is 1. The lowest BCUT2D eigenvalue weighted by Gasteiger charge is -2.07. The Balaban J connectivity index is 1.29. The van der Waals surface area contributed by atoms with E-state index in [1.807, 2.05) is 42.5 Å². The third-order valence-electron chi connectivity index (χ3n) is 4.59. The number of ether oxygens (including phenoxy) is 1. The van der Waals surface area contributed by atoms with Crippen LogP contribution in [0.25, 0.3) is 10.9 Å². The number of unbranched alkanes of at least 4 members (excludes halogenated alkanes) is 5. The minimum absolute atomic E-state index is 0.365. The highest BCUT2D eigenvalue weighted by Gasteiger charge is 2.05. The highest BCUT2D eigenvalue weighted by molar-refractivity contribution is 6.30. The molecule has 0 bridgehead atoms. The molecule has 2 N–H and O–H groups in total. The van der Waals surface area contributed by atoms with Crippen molar-refractivity contribution < 1.29 is 4.74 Å². The Bertz CT molecular complexity index is 852. The normalized spacial score (nSPS) is 11.0. The molecule has 0 atom stereocenters. The molecule has 0 radical (unpaired) electrons. The topological polar surface area (TPSA) is 61.0 Å². The van der Waals surface area contributed by atoms with Gasteiger partial charge in [-0.15, -0.1) is 0 Å². The number of nitrogens with zero attached hydrogens (tertiary/aromatic N) is 2. The van der Waals surface area contributed by atoms with Crippen LogP contribution in [0.1, 0.15) is 44.2 Å².